The first-order valence-corrected chi connectivity index (χ1v) is 26.7. The second-order valence-electron chi connectivity index (χ2n) is 21.6. The predicted octanol–water partition coefficient (Wildman–Crippen LogP) is 18.0. The van der Waals surface area contributed by atoms with Gasteiger partial charge in [0.25, 0.3) is 0 Å². The third kappa shape index (κ3) is 6.53. The number of allylic oxidation sites excluding steroid dienone is 21. The molecule has 1 fully saturated rings. The third-order valence-corrected chi connectivity index (χ3v) is 18.0. The first kappa shape index (κ1) is 41.4. The van der Waals surface area contributed by atoms with Gasteiger partial charge in [0.1, 0.15) is 0 Å². The summed E-state index contributed by atoms with van der Waals surface area (Å²) < 4.78 is 4.99. The first-order chi connectivity index (χ1) is 35.1. The van der Waals surface area contributed by atoms with E-state index in [1.807, 2.05) is 0 Å². The summed E-state index contributed by atoms with van der Waals surface area (Å²) in [5.74, 6) is 0.522. The lowest BCUT2D eigenvalue weighted by Gasteiger charge is -2.37. The van der Waals surface area contributed by atoms with Crippen LogP contribution in [0, 0.1) is 11.3 Å². The highest BCUT2D eigenvalue weighted by Crippen LogP contribution is 2.67. The van der Waals surface area contributed by atoms with Gasteiger partial charge in [-0.05, 0) is 210 Å². The van der Waals surface area contributed by atoms with Crippen LogP contribution in [0.25, 0.3) is 66.9 Å². The van der Waals surface area contributed by atoms with Gasteiger partial charge in [-0.2, -0.15) is 0 Å². The summed E-state index contributed by atoms with van der Waals surface area (Å²) >= 11 is 0. The molecule has 2 heterocycles. The van der Waals surface area contributed by atoms with E-state index in [9.17, 15) is 0 Å². The van der Waals surface area contributed by atoms with Crippen molar-refractivity contribution < 1.29 is 0 Å². The molecule has 8 aliphatic rings. The molecule has 5 aromatic carbocycles. The number of hydrogen-bond donors (Lipinski definition) is 0. The van der Waals surface area contributed by atoms with E-state index in [2.05, 4.69) is 197 Å². The third-order valence-electron chi connectivity index (χ3n) is 18.0. The van der Waals surface area contributed by atoms with Crippen LogP contribution < -0.4 is 0 Å². The average Bonchev–Trinajstić information content (AvgIpc) is 4.17. The molecule has 7 aromatic rings. The molecule has 0 saturated heterocycles. The standard InChI is InChI=1S/C69H58N2/c1-3-15-55(16-4-1)70-65-21-11-9-19-59(65)61-39-49(33-37-67(61)70)45-23-27-47(28-24-45)51-31-35-57-58-36-32-52(42-64(58)69(63(57)41-51)43-53-13-7-8-14-54(53)44-69)48-29-25-46(26-30-48)50-34-38-68-62(40-50)60-20-10-12-22-66(60)71(68)56-17-5-2-6-18-56/h1-5,9-17,19-23,25-27,29-31,33,35,37,39-40,42,63H,6-8,18,24,28,32,34,36,38,41,43-44H2/t63-/m0/s1. The zero-order valence-electron chi connectivity index (χ0n) is 40.6. The molecule has 71 heavy (non-hydrogen) atoms. The van der Waals surface area contributed by atoms with Crippen LogP contribution in [0.4, 0.5) is 0 Å². The van der Waals surface area contributed by atoms with E-state index in [-0.39, 0.29) is 5.41 Å². The van der Waals surface area contributed by atoms with Crippen LogP contribution in [0.5, 0.6) is 0 Å². The van der Waals surface area contributed by atoms with E-state index < -0.39 is 0 Å². The average molecular weight is 915 g/mol. The van der Waals surface area contributed by atoms with Crippen molar-refractivity contribution in [1.82, 2.24) is 9.13 Å². The fourth-order valence-corrected chi connectivity index (χ4v) is 14.6. The first-order valence-electron chi connectivity index (χ1n) is 26.7. The summed E-state index contributed by atoms with van der Waals surface area (Å²) in [6, 6.07) is 45.6. The lowest BCUT2D eigenvalue weighted by molar-refractivity contribution is 0.287. The van der Waals surface area contributed by atoms with Crippen LogP contribution in [0.15, 0.2) is 221 Å². The van der Waals surface area contributed by atoms with Crippen molar-refractivity contribution in [2.45, 2.75) is 83.5 Å². The number of hydrogen-bond acceptors (Lipinski definition) is 0. The van der Waals surface area contributed by atoms with Gasteiger partial charge >= 0.3 is 0 Å². The Morgan fingerprint density at radius 1 is 0.451 bits per heavy atom. The van der Waals surface area contributed by atoms with Gasteiger partial charge < -0.3 is 9.13 Å². The quantitative estimate of drug-likeness (QED) is 0.157. The smallest absolute Gasteiger partial charge is 0.0541 e. The molecule has 2 aromatic heterocycles. The molecule has 344 valence electrons. The van der Waals surface area contributed by atoms with E-state index in [0.717, 1.165) is 57.8 Å². The molecule has 1 spiro atoms. The normalized spacial score (nSPS) is 21.1. The van der Waals surface area contributed by atoms with Crippen LogP contribution >= 0.6 is 0 Å². The molecule has 0 radical (unpaired) electrons. The lowest BCUT2D eigenvalue weighted by atomic mass is 9.66. The van der Waals surface area contributed by atoms with Crippen LogP contribution in [-0.2, 0) is 6.42 Å². The SMILES string of the molecule is C1=CCCC(n2c3c(c4ccccc42)C=C(c2ccc(C4=CC5=C(CC4)C4=CC=C(C6=CC=C(c7ccc8c(c7)c7ccccc7n8-c7ccccc7)CC6)C[C@@H]4C54CC5=CCCC=C5C4)cc2)CC3)=C1. The summed E-state index contributed by atoms with van der Waals surface area (Å²) in [6.07, 6.45) is 41.9. The Hall–Kier alpha value is -7.42. The zero-order chi connectivity index (χ0) is 46.6. The summed E-state index contributed by atoms with van der Waals surface area (Å²) in [5, 5.41) is 4.01. The van der Waals surface area contributed by atoms with Crippen molar-refractivity contribution in [3.8, 4) is 5.69 Å². The Balaban J connectivity index is 0.732. The van der Waals surface area contributed by atoms with Crippen LogP contribution in [0.3, 0.4) is 0 Å². The number of aromatic nitrogens is 2. The molecule has 0 N–H and O–H groups in total. The minimum Gasteiger partial charge on any atom is -0.317 e. The minimum atomic E-state index is 0.132. The second kappa shape index (κ2) is 16.3. The van der Waals surface area contributed by atoms with Crippen LogP contribution in [0.2, 0.25) is 0 Å². The van der Waals surface area contributed by atoms with E-state index in [4.69, 9.17) is 0 Å². The van der Waals surface area contributed by atoms with Gasteiger partial charge in [-0.25, -0.2) is 0 Å². The fraction of sp³-hybridized carbons (Fsp3) is 0.217. The van der Waals surface area contributed by atoms with Gasteiger partial charge in [-0.1, -0.05) is 140 Å². The van der Waals surface area contributed by atoms with Crippen molar-refractivity contribution in [3.63, 3.8) is 0 Å². The molecule has 0 bridgehead atoms. The van der Waals surface area contributed by atoms with Gasteiger partial charge in [0, 0.05) is 44.2 Å². The number of nitrogens with zero attached hydrogens (tertiary/aromatic N) is 2. The summed E-state index contributed by atoms with van der Waals surface area (Å²) in [5.41, 5.74) is 29.4. The van der Waals surface area contributed by atoms with Gasteiger partial charge in [0.15, 0.2) is 0 Å². The molecule has 1 saturated carbocycles. The highest BCUT2D eigenvalue weighted by atomic mass is 15.0. The van der Waals surface area contributed by atoms with E-state index in [1.165, 1.54) is 120 Å². The Morgan fingerprint density at radius 3 is 1.86 bits per heavy atom. The Morgan fingerprint density at radius 2 is 1.10 bits per heavy atom. The number of benzene rings is 5. The minimum absolute atomic E-state index is 0.132. The molecule has 8 aliphatic carbocycles. The van der Waals surface area contributed by atoms with Gasteiger partial charge in [-0.3, -0.25) is 0 Å². The maximum absolute atomic E-state index is 2.70. The van der Waals surface area contributed by atoms with Gasteiger partial charge in [0.05, 0.1) is 16.6 Å². The molecule has 1 atom stereocenters. The molecule has 0 unspecified atom stereocenters. The van der Waals surface area contributed by atoms with Crippen molar-refractivity contribution in [2.75, 3.05) is 0 Å². The monoisotopic (exact) mass is 914 g/mol. The topological polar surface area (TPSA) is 9.86 Å². The van der Waals surface area contributed by atoms with E-state index in [1.54, 1.807) is 33.4 Å². The Labute approximate surface area is 417 Å². The maximum atomic E-state index is 2.70. The molecule has 15 rings (SSSR count). The summed E-state index contributed by atoms with van der Waals surface area (Å²) in [7, 11) is 0. The summed E-state index contributed by atoms with van der Waals surface area (Å²) in [6.45, 7) is 0. The highest BCUT2D eigenvalue weighted by molar-refractivity contribution is 6.10. The molecule has 0 amide bonds. The van der Waals surface area contributed by atoms with Crippen LogP contribution in [0.1, 0.15) is 105 Å². The van der Waals surface area contributed by atoms with Crippen molar-refractivity contribution in [2.24, 2.45) is 11.3 Å². The molecule has 0 aliphatic heterocycles. The second-order valence-corrected chi connectivity index (χ2v) is 21.6. The maximum Gasteiger partial charge on any atom is 0.0541 e. The van der Waals surface area contributed by atoms with Gasteiger partial charge in [-0.15, -0.1) is 0 Å². The Bertz CT molecular complexity index is 3780. The van der Waals surface area contributed by atoms with Crippen molar-refractivity contribution in [1.29, 1.82) is 0 Å². The lowest BCUT2D eigenvalue weighted by Crippen LogP contribution is -2.28. The van der Waals surface area contributed by atoms with Crippen molar-refractivity contribution in [3.05, 3.63) is 249 Å². The van der Waals surface area contributed by atoms with E-state index >= 15 is 0 Å². The number of rotatable bonds is 6. The van der Waals surface area contributed by atoms with E-state index in [0.29, 0.717) is 5.92 Å². The van der Waals surface area contributed by atoms with Gasteiger partial charge in [0.2, 0.25) is 0 Å². The van der Waals surface area contributed by atoms with Crippen LogP contribution in [-0.4, -0.2) is 9.13 Å². The predicted molar refractivity (Wildman–Crippen MR) is 299 cm³/mol. The fourth-order valence-electron chi connectivity index (χ4n) is 14.6. The van der Waals surface area contributed by atoms with Crippen molar-refractivity contribution >= 4 is 61.2 Å². The zero-order valence-corrected chi connectivity index (χ0v) is 40.6. The molecular formula is C69H58N2. The molecular weight excluding hydrogens is 857 g/mol. The molecule has 2 heteroatoms. The largest absolute Gasteiger partial charge is 0.317 e. The molecule has 2 nitrogen and oxygen atoms in total. The summed E-state index contributed by atoms with van der Waals surface area (Å²) in [4.78, 5) is 0. The highest BCUT2D eigenvalue weighted by Gasteiger charge is 2.55. The number of para-hydroxylation sites is 3. The Kier molecular flexibility index (Phi) is 9.51. The number of fused-ring (bicyclic) bond motifs is 11.